The van der Waals surface area contributed by atoms with Gasteiger partial charge in [0, 0.05) is 32.7 Å². The molecule has 2 aliphatic rings. The van der Waals surface area contributed by atoms with E-state index in [1.807, 2.05) is 12.1 Å². The normalized spacial score (nSPS) is 12.3. The number of benzene rings is 2. The van der Waals surface area contributed by atoms with Gasteiger partial charge >= 0.3 is 20.1 Å². The summed E-state index contributed by atoms with van der Waals surface area (Å²) < 4.78 is 2.21. The van der Waals surface area contributed by atoms with E-state index in [4.69, 9.17) is 0 Å². The van der Waals surface area contributed by atoms with Crippen molar-refractivity contribution in [2.24, 2.45) is 0 Å². The second kappa shape index (κ2) is 6.82. The number of hydrogen-bond donors (Lipinski definition) is 0. The minimum absolute atomic E-state index is 0. The Kier molecular flexibility index (Phi) is 5.42. The Morgan fingerprint density at radius 1 is 0.913 bits per heavy atom. The summed E-state index contributed by atoms with van der Waals surface area (Å²) in [5.41, 5.74) is 4.67. The van der Waals surface area contributed by atoms with Gasteiger partial charge in [0.25, 0.3) is 0 Å². The fourth-order valence-electron chi connectivity index (χ4n) is 3.04. The van der Waals surface area contributed by atoms with E-state index in [2.05, 4.69) is 75.9 Å². The molecule has 0 atom stereocenters. The van der Waals surface area contributed by atoms with Crippen LogP contribution in [0.4, 0.5) is 17.2 Å². The third-order valence-corrected chi connectivity index (χ3v) is 3.89. The number of nitrogens with zero attached hydrogens (tertiary/aromatic N) is 3. The molecule has 0 aliphatic carbocycles. The molecular weight excluding hydrogens is 539 g/mol. The molecule has 0 spiro atoms. The van der Waals surface area contributed by atoms with Crippen molar-refractivity contribution in [3.05, 3.63) is 86.4 Å². The van der Waals surface area contributed by atoms with E-state index in [-0.39, 0.29) is 60.2 Å². The van der Waals surface area contributed by atoms with Crippen LogP contribution in [0.2, 0.25) is 0 Å². The smallest absolute Gasteiger partial charge is 0.358 e. The van der Waals surface area contributed by atoms with Gasteiger partial charge in [-0.1, -0.05) is 18.7 Å². The van der Waals surface area contributed by atoms with Crippen molar-refractivity contribution in [2.75, 3.05) is 10.0 Å². The maximum atomic E-state index is 3.36. The first-order valence-electron chi connectivity index (χ1n) is 6.65. The molecule has 3 nitrogen and oxygen atoms in total. The molecule has 0 fully saturated rings. The quantitative estimate of drug-likeness (QED) is 0.389. The van der Waals surface area contributed by atoms with Crippen molar-refractivity contribution in [1.82, 2.24) is 4.57 Å². The van der Waals surface area contributed by atoms with Gasteiger partial charge in [-0.3, -0.25) is 0 Å². The van der Waals surface area contributed by atoms with Crippen LogP contribution in [0.1, 0.15) is 5.56 Å². The van der Waals surface area contributed by atoms with Crippen LogP contribution < -0.4 is 10.0 Å². The summed E-state index contributed by atoms with van der Waals surface area (Å²) in [6.45, 7) is 2.17. The third-order valence-electron chi connectivity index (χ3n) is 3.89. The molecule has 113 valence electrons. The Hall–Kier alpha value is -1.06. The van der Waals surface area contributed by atoms with Gasteiger partial charge in [0.1, 0.15) is 5.82 Å². The van der Waals surface area contributed by atoms with E-state index >= 15 is 0 Å². The summed E-state index contributed by atoms with van der Waals surface area (Å²) in [5.74, 6) is 1.15. The molecule has 1 aromatic heterocycles. The second-order valence-electron chi connectivity index (χ2n) is 4.98. The van der Waals surface area contributed by atoms with Gasteiger partial charge in [-0.25, -0.2) is 0 Å². The third kappa shape index (κ3) is 2.49. The van der Waals surface area contributed by atoms with E-state index in [9.17, 15) is 0 Å². The van der Waals surface area contributed by atoms with Crippen molar-refractivity contribution in [3.8, 4) is 5.69 Å². The first-order chi connectivity index (χ1) is 9.93. The molecule has 0 saturated heterocycles. The summed E-state index contributed by atoms with van der Waals surface area (Å²) in [6.07, 6.45) is 2.10. The van der Waals surface area contributed by atoms with Crippen LogP contribution in [0.5, 0.6) is 0 Å². The molecule has 1 radical (unpaired) electrons. The number of hydrogen-bond acceptors (Lipinski definition) is 2. The van der Waals surface area contributed by atoms with Gasteiger partial charge in [-0.15, -0.1) is 17.7 Å². The Balaban J connectivity index is 0.000000640. The molecule has 0 saturated carbocycles. The Bertz CT molecular complexity index is 830. The van der Waals surface area contributed by atoms with Crippen LogP contribution in [0.15, 0.2) is 60.8 Å². The molecule has 0 unspecified atom stereocenters. The predicted molar refractivity (Wildman–Crippen MR) is 85.5 cm³/mol. The molecule has 0 bridgehead atoms. The monoisotopic (exact) mass is 554 g/mol. The average Bonchev–Trinajstić information content (AvgIpc) is 3.11. The van der Waals surface area contributed by atoms with Gasteiger partial charge in [0.05, 0.1) is 0 Å². The van der Waals surface area contributed by atoms with Crippen molar-refractivity contribution in [2.45, 2.75) is 0 Å². The van der Waals surface area contributed by atoms with Gasteiger partial charge in [0.2, 0.25) is 0 Å². The van der Waals surface area contributed by atoms with Gasteiger partial charge in [0.15, 0.2) is 0 Å². The van der Waals surface area contributed by atoms with Crippen LogP contribution in [0.3, 0.4) is 0 Å². The van der Waals surface area contributed by atoms with Crippen LogP contribution in [-0.4, -0.2) is 4.57 Å². The molecule has 5 rings (SSSR count). The molecule has 2 aromatic carbocycles. The first-order valence-corrected chi connectivity index (χ1v) is 6.65. The van der Waals surface area contributed by atoms with Gasteiger partial charge < -0.3 is 22.0 Å². The SMILES string of the molecule is [CH3-].[Ir+3].[Y].[c-]1cccc2c1N1[CH-]c3ccccc3N1c1cccn1-2. The zero-order valence-corrected chi connectivity index (χ0v) is 17.8. The minimum Gasteiger partial charge on any atom is -0.358 e. The largest absolute Gasteiger partial charge is 3.00 e. The standard InChI is InChI=1S/C17H11N3.CH3.Ir.Y/c1-2-7-14-13(6-1)12-19-16-9-4-3-8-15(16)18-11-5-10-17(18)20(14)19;;;/h1-8,10-12H;1H3;;/q-2;-1;+3;. The van der Waals surface area contributed by atoms with Crippen LogP contribution in [0.25, 0.3) is 5.69 Å². The second-order valence-corrected chi connectivity index (χ2v) is 4.98. The number of fused-ring (bicyclic) bond motifs is 8. The summed E-state index contributed by atoms with van der Waals surface area (Å²) >= 11 is 0. The average molecular weight is 553 g/mol. The van der Waals surface area contributed by atoms with Gasteiger partial charge in [-0.05, 0) is 35.4 Å². The summed E-state index contributed by atoms with van der Waals surface area (Å²) in [6, 6.07) is 22.1. The number of para-hydroxylation sites is 2. The Labute approximate surface area is 175 Å². The summed E-state index contributed by atoms with van der Waals surface area (Å²) in [7, 11) is 0. The molecule has 0 N–H and O–H groups in total. The minimum atomic E-state index is 0. The molecule has 2 aliphatic heterocycles. The van der Waals surface area contributed by atoms with Crippen LogP contribution >= 0.6 is 0 Å². The fraction of sp³-hybridized carbons (Fsp3) is 0. The van der Waals surface area contributed by atoms with Gasteiger partial charge in [-0.2, -0.15) is 24.3 Å². The fourth-order valence-corrected chi connectivity index (χ4v) is 3.04. The molecule has 3 heterocycles. The Morgan fingerprint density at radius 3 is 2.57 bits per heavy atom. The van der Waals surface area contributed by atoms with Crippen molar-refractivity contribution in [1.29, 1.82) is 0 Å². The van der Waals surface area contributed by atoms with E-state index in [1.165, 1.54) is 11.3 Å². The number of hydrazine groups is 1. The van der Waals surface area contributed by atoms with E-state index in [0.717, 1.165) is 17.2 Å². The number of rotatable bonds is 0. The zero-order valence-electron chi connectivity index (χ0n) is 12.6. The van der Waals surface area contributed by atoms with E-state index in [1.54, 1.807) is 0 Å². The summed E-state index contributed by atoms with van der Waals surface area (Å²) in [4.78, 5) is 0. The molecular formula is C18H14IrN3Y. The van der Waals surface area contributed by atoms with E-state index in [0.29, 0.717) is 0 Å². The van der Waals surface area contributed by atoms with Crippen molar-refractivity contribution in [3.63, 3.8) is 0 Å². The maximum absolute atomic E-state index is 3.36. The number of aromatic nitrogens is 1. The zero-order chi connectivity index (χ0) is 13.1. The maximum Gasteiger partial charge on any atom is 3.00 e. The molecule has 0 amide bonds. The molecule has 3 aromatic rings. The number of anilines is 3. The first kappa shape index (κ1) is 18.3. The molecule has 23 heavy (non-hydrogen) atoms. The van der Waals surface area contributed by atoms with Crippen molar-refractivity contribution < 1.29 is 52.8 Å². The van der Waals surface area contributed by atoms with Crippen LogP contribution in [0, 0.1) is 20.0 Å². The molecule has 5 heteroatoms. The van der Waals surface area contributed by atoms with Crippen LogP contribution in [-0.2, 0) is 52.8 Å². The van der Waals surface area contributed by atoms with Crippen molar-refractivity contribution >= 4 is 17.2 Å². The summed E-state index contributed by atoms with van der Waals surface area (Å²) in [5, 5.41) is 4.41. The Morgan fingerprint density at radius 2 is 1.70 bits per heavy atom. The van der Waals surface area contributed by atoms with E-state index < -0.39 is 0 Å². The predicted octanol–water partition coefficient (Wildman–Crippen LogP) is 4.12. The topological polar surface area (TPSA) is 11.4 Å².